The summed E-state index contributed by atoms with van der Waals surface area (Å²) >= 11 is 5.72. The first-order chi connectivity index (χ1) is 12.8. The Morgan fingerprint density at radius 1 is 1.26 bits per heavy atom. The monoisotopic (exact) mass is 413 g/mol. The van der Waals surface area contributed by atoms with E-state index in [0.29, 0.717) is 24.4 Å². The summed E-state index contributed by atoms with van der Waals surface area (Å²) in [6, 6.07) is 3.49. The first kappa shape index (κ1) is 20.7. The third kappa shape index (κ3) is 6.26. The molecule has 0 fully saturated rings. The van der Waals surface area contributed by atoms with Crippen molar-refractivity contribution in [3.05, 3.63) is 47.5 Å². The van der Waals surface area contributed by atoms with Crippen LogP contribution in [-0.2, 0) is 21.2 Å². The lowest BCUT2D eigenvalue weighted by atomic mass is 10.2. The van der Waals surface area contributed by atoms with Crippen molar-refractivity contribution in [3.63, 3.8) is 0 Å². The maximum atomic E-state index is 12.2. The number of hydrogen-bond acceptors (Lipinski definition) is 5. The quantitative estimate of drug-likeness (QED) is 0.515. The molecule has 11 heteroatoms. The standard InChI is InChI=1S/C16H20ClN5O4S/c1-2-14(15(23)19-8-7-12-9-18-10-20-12)21-16(24)22-27(25,26)13-5-3-11(17)4-6-13/h3-6,9-10,14H,2,7-8H2,1H3,(H,18,20)(H,19,23)(H2,21,22,24). The average Bonchev–Trinajstić information content (AvgIpc) is 3.13. The van der Waals surface area contributed by atoms with Gasteiger partial charge in [-0.25, -0.2) is 22.9 Å². The Bertz CT molecular complexity index is 869. The second-order valence-electron chi connectivity index (χ2n) is 5.61. The van der Waals surface area contributed by atoms with Gasteiger partial charge >= 0.3 is 6.03 Å². The SMILES string of the molecule is CCC(NC(=O)NS(=O)(=O)c1ccc(Cl)cc1)C(=O)NCCc1cnc[nH]1. The van der Waals surface area contributed by atoms with E-state index in [1.54, 1.807) is 19.4 Å². The smallest absolute Gasteiger partial charge is 0.329 e. The minimum absolute atomic E-state index is 0.112. The normalized spacial score (nSPS) is 12.2. The van der Waals surface area contributed by atoms with Crippen LogP contribution in [0.5, 0.6) is 0 Å². The zero-order valence-corrected chi connectivity index (χ0v) is 16.1. The number of benzene rings is 1. The molecule has 0 aliphatic carbocycles. The van der Waals surface area contributed by atoms with E-state index in [1.165, 1.54) is 24.3 Å². The molecule has 0 spiro atoms. The van der Waals surface area contributed by atoms with Crippen molar-refractivity contribution in [3.8, 4) is 0 Å². The second kappa shape index (κ2) is 9.38. The first-order valence-electron chi connectivity index (χ1n) is 8.15. The van der Waals surface area contributed by atoms with Crippen molar-refractivity contribution in [1.29, 1.82) is 0 Å². The Hall–Kier alpha value is -2.59. The molecule has 1 unspecified atom stereocenters. The van der Waals surface area contributed by atoms with Gasteiger partial charge in [-0.1, -0.05) is 18.5 Å². The van der Waals surface area contributed by atoms with Crippen molar-refractivity contribution in [2.45, 2.75) is 30.7 Å². The number of nitrogens with zero attached hydrogens (tertiary/aromatic N) is 1. The molecule has 4 N–H and O–H groups in total. The Kier molecular flexibility index (Phi) is 7.19. The van der Waals surface area contributed by atoms with Gasteiger partial charge in [0.25, 0.3) is 10.0 Å². The van der Waals surface area contributed by atoms with Crippen LogP contribution in [-0.4, -0.2) is 42.9 Å². The minimum Gasteiger partial charge on any atom is -0.354 e. The van der Waals surface area contributed by atoms with Crippen LogP contribution in [0.1, 0.15) is 19.0 Å². The first-order valence-corrected chi connectivity index (χ1v) is 10.0. The van der Waals surface area contributed by atoms with Gasteiger partial charge in [0, 0.05) is 29.9 Å². The summed E-state index contributed by atoms with van der Waals surface area (Å²) in [7, 11) is -4.07. The van der Waals surface area contributed by atoms with Gasteiger partial charge in [0.05, 0.1) is 11.2 Å². The number of H-pyrrole nitrogens is 1. The number of imidazole rings is 1. The molecule has 1 aromatic carbocycles. The predicted molar refractivity (Wildman–Crippen MR) is 99.7 cm³/mol. The molecular formula is C16H20ClN5O4S. The number of aromatic nitrogens is 2. The molecule has 2 aromatic rings. The lowest BCUT2D eigenvalue weighted by Gasteiger charge is -2.17. The van der Waals surface area contributed by atoms with Crippen LogP contribution in [0, 0.1) is 0 Å². The van der Waals surface area contributed by atoms with E-state index in [-0.39, 0.29) is 4.90 Å². The Morgan fingerprint density at radius 3 is 2.56 bits per heavy atom. The summed E-state index contributed by atoms with van der Waals surface area (Å²) in [5.74, 6) is -0.406. The highest BCUT2D eigenvalue weighted by molar-refractivity contribution is 7.90. The van der Waals surface area contributed by atoms with Crippen LogP contribution in [0.25, 0.3) is 0 Å². The molecule has 0 radical (unpaired) electrons. The summed E-state index contributed by atoms with van der Waals surface area (Å²) in [4.78, 5) is 30.9. The molecule has 0 aliphatic rings. The number of hydrogen-bond donors (Lipinski definition) is 4. The molecule has 1 aromatic heterocycles. The highest BCUT2D eigenvalue weighted by Gasteiger charge is 2.22. The van der Waals surface area contributed by atoms with Crippen molar-refractivity contribution in [2.24, 2.45) is 0 Å². The predicted octanol–water partition coefficient (Wildman–Crippen LogP) is 1.19. The summed E-state index contributed by atoms with van der Waals surface area (Å²) < 4.78 is 26.2. The molecular weight excluding hydrogens is 394 g/mol. The molecule has 1 heterocycles. The van der Waals surface area contributed by atoms with Gasteiger partial charge in [-0.05, 0) is 30.7 Å². The maximum Gasteiger partial charge on any atom is 0.329 e. The van der Waals surface area contributed by atoms with E-state index < -0.39 is 28.0 Å². The van der Waals surface area contributed by atoms with E-state index in [9.17, 15) is 18.0 Å². The van der Waals surface area contributed by atoms with E-state index >= 15 is 0 Å². The van der Waals surface area contributed by atoms with Crippen molar-refractivity contribution in [1.82, 2.24) is 25.3 Å². The van der Waals surface area contributed by atoms with Crippen LogP contribution in [0.3, 0.4) is 0 Å². The van der Waals surface area contributed by atoms with Crippen LogP contribution in [0.2, 0.25) is 5.02 Å². The van der Waals surface area contributed by atoms with Gasteiger partial charge in [0.1, 0.15) is 6.04 Å². The number of carbonyl (C=O) groups is 2. The third-order valence-electron chi connectivity index (χ3n) is 3.63. The number of aromatic amines is 1. The molecule has 0 saturated carbocycles. The molecule has 27 heavy (non-hydrogen) atoms. The minimum atomic E-state index is -4.07. The molecule has 0 aliphatic heterocycles. The van der Waals surface area contributed by atoms with Gasteiger partial charge in [0.2, 0.25) is 5.91 Å². The van der Waals surface area contributed by atoms with Gasteiger partial charge in [-0.2, -0.15) is 0 Å². The highest BCUT2D eigenvalue weighted by atomic mass is 35.5. The number of amides is 3. The molecule has 9 nitrogen and oxygen atoms in total. The van der Waals surface area contributed by atoms with Crippen molar-refractivity contribution >= 4 is 33.6 Å². The Balaban J connectivity index is 1.87. The second-order valence-corrected chi connectivity index (χ2v) is 7.73. The van der Waals surface area contributed by atoms with E-state index in [0.717, 1.165) is 5.69 Å². The average molecular weight is 414 g/mol. The van der Waals surface area contributed by atoms with Crippen LogP contribution in [0.15, 0.2) is 41.7 Å². The number of nitrogens with one attached hydrogen (secondary N) is 4. The summed E-state index contributed by atoms with van der Waals surface area (Å²) in [6.45, 7) is 2.05. The van der Waals surface area contributed by atoms with Crippen LogP contribution >= 0.6 is 11.6 Å². The molecule has 0 bridgehead atoms. The van der Waals surface area contributed by atoms with E-state index in [2.05, 4.69) is 20.6 Å². The van der Waals surface area contributed by atoms with Crippen molar-refractivity contribution in [2.75, 3.05) is 6.54 Å². The number of urea groups is 1. The molecule has 3 amide bonds. The number of sulfonamides is 1. The zero-order chi connectivity index (χ0) is 19.9. The number of carbonyl (C=O) groups excluding carboxylic acids is 2. The molecule has 146 valence electrons. The fraction of sp³-hybridized carbons (Fsp3) is 0.312. The summed E-state index contributed by atoms with van der Waals surface area (Å²) in [6.07, 6.45) is 4.04. The lowest BCUT2D eigenvalue weighted by molar-refractivity contribution is -0.122. The highest BCUT2D eigenvalue weighted by Crippen LogP contribution is 2.13. The number of halogens is 1. The lowest BCUT2D eigenvalue weighted by Crippen LogP contribution is -2.51. The Labute approximate surface area is 162 Å². The molecule has 2 rings (SSSR count). The van der Waals surface area contributed by atoms with Crippen LogP contribution < -0.4 is 15.4 Å². The largest absolute Gasteiger partial charge is 0.354 e. The Morgan fingerprint density at radius 2 is 1.96 bits per heavy atom. The van der Waals surface area contributed by atoms with Crippen molar-refractivity contribution < 1.29 is 18.0 Å². The van der Waals surface area contributed by atoms with E-state index in [1.807, 2.05) is 4.72 Å². The van der Waals surface area contributed by atoms with Gasteiger partial charge in [-0.15, -0.1) is 0 Å². The number of rotatable bonds is 8. The third-order valence-corrected chi connectivity index (χ3v) is 5.23. The summed E-state index contributed by atoms with van der Waals surface area (Å²) in [5, 5.41) is 5.42. The molecule has 1 atom stereocenters. The van der Waals surface area contributed by atoms with Gasteiger partial charge in [0.15, 0.2) is 0 Å². The maximum absolute atomic E-state index is 12.2. The summed E-state index contributed by atoms with van der Waals surface area (Å²) in [5.41, 5.74) is 0.864. The molecule has 0 saturated heterocycles. The van der Waals surface area contributed by atoms with Crippen LogP contribution in [0.4, 0.5) is 4.79 Å². The van der Waals surface area contributed by atoms with Gasteiger partial charge < -0.3 is 15.6 Å². The van der Waals surface area contributed by atoms with E-state index in [4.69, 9.17) is 11.6 Å². The topological polar surface area (TPSA) is 133 Å². The zero-order valence-electron chi connectivity index (χ0n) is 14.5. The fourth-order valence-corrected chi connectivity index (χ4v) is 3.24. The fourth-order valence-electron chi connectivity index (χ4n) is 2.20. The van der Waals surface area contributed by atoms with Gasteiger partial charge in [-0.3, -0.25) is 4.79 Å².